The molecule has 0 aliphatic heterocycles. The molecule has 1 aromatic rings. The maximum Gasteiger partial charge on any atom is 1.00 e. The third kappa shape index (κ3) is 3.16. The summed E-state index contributed by atoms with van der Waals surface area (Å²) in [6.45, 7) is 0. The molecule has 0 bridgehead atoms. The molecule has 0 aliphatic carbocycles. The summed E-state index contributed by atoms with van der Waals surface area (Å²) in [5, 5.41) is 8.66. The van der Waals surface area contributed by atoms with Gasteiger partial charge in [0.15, 0.2) is 0 Å². The third-order valence-electron chi connectivity index (χ3n) is 1.48. The minimum absolute atomic E-state index is 0. The van der Waals surface area contributed by atoms with Crippen molar-refractivity contribution < 1.29 is 72.3 Å². The molecule has 0 heterocycles. The molecule has 0 spiro atoms. The van der Waals surface area contributed by atoms with Crippen LogP contribution >= 0.6 is 0 Å². The average Bonchev–Trinajstić information content (AvgIpc) is 2.16. The molecule has 5 nitrogen and oxygen atoms in total. The number of rotatable bonds is 2. The van der Waals surface area contributed by atoms with Gasteiger partial charge >= 0.3 is 63.3 Å². The van der Waals surface area contributed by atoms with Crippen molar-refractivity contribution in [2.45, 2.75) is 0 Å². The van der Waals surface area contributed by atoms with E-state index in [1.165, 1.54) is 24.3 Å². The van der Waals surface area contributed by atoms with E-state index in [0.717, 1.165) is 0 Å². The molecule has 0 unspecified atom stereocenters. The van der Waals surface area contributed by atoms with Crippen LogP contribution in [0.15, 0.2) is 24.3 Å². The Bertz CT molecular complexity index is 358. The number of hydrogen-bond acceptors (Lipinski definition) is 4. The van der Waals surface area contributed by atoms with Gasteiger partial charge in [-0.2, -0.15) is 5.90 Å². The minimum Gasteiger partial charge on any atom is -1.00 e. The minimum atomic E-state index is -1.19. The van der Waals surface area contributed by atoms with Crippen molar-refractivity contribution in [1.29, 1.82) is 0 Å². The topological polar surface area (TPSA) is 89.6 Å². The summed E-state index contributed by atoms with van der Waals surface area (Å²) in [4.78, 5) is 25.4. The van der Waals surface area contributed by atoms with Gasteiger partial charge in [-0.1, -0.05) is 12.1 Å². The van der Waals surface area contributed by atoms with Crippen LogP contribution in [-0.4, -0.2) is 17.0 Å². The van der Waals surface area contributed by atoms with Gasteiger partial charge in [-0.05, 0) is 12.1 Å². The van der Waals surface area contributed by atoms with E-state index < -0.39 is 11.9 Å². The Morgan fingerprint density at radius 3 is 2.21 bits per heavy atom. The number of carboxylic acids is 1. The van der Waals surface area contributed by atoms with E-state index in [0.29, 0.717) is 0 Å². The molecule has 0 saturated carbocycles. The summed E-state index contributed by atoms with van der Waals surface area (Å²) in [5.41, 5.74) is -0.185. The van der Waals surface area contributed by atoms with Crippen LogP contribution in [0.25, 0.3) is 0 Å². The molecule has 0 aromatic heterocycles. The zero-order chi connectivity index (χ0) is 9.84. The SMILES string of the molecule is NOC(=O)c1ccccc1C(=O)O.[H-].[K+]. The molecule has 14 heavy (non-hydrogen) atoms. The quantitative estimate of drug-likeness (QED) is 0.427. The van der Waals surface area contributed by atoms with Crippen LogP contribution < -0.4 is 57.3 Å². The van der Waals surface area contributed by atoms with Gasteiger partial charge in [0.2, 0.25) is 0 Å². The van der Waals surface area contributed by atoms with Gasteiger partial charge in [0.05, 0.1) is 11.1 Å². The molecular weight excluding hydrogens is 213 g/mol. The number of carbonyl (C=O) groups excluding carboxylic acids is 1. The summed E-state index contributed by atoms with van der Waals surface area (Å²) >= 11 is 0. The van der Waals surface area contributed by atoms with Crippen LogP contribution in [0.2, 0.25) is 0 Å². The van der Waals surface area contributed by atoms with Crippen molar-refractivity contribution in [2.75, 3.05) is 0 Å². The van der Waals surface area contributed by atoms with Gasteiger partial charge in [0.1, 0.15) is 0 Å². The molecule has 3 N–H and O–H groups in total. The maximum atomic E-state index is 10.9. The average molecular weight is 221 g/mol. The van der Waals surface area contributed by atoms with Crippen molar-refractivity contribution in [2.24, 2.45) is 5.90 Å². The number of carboxylic acid groups (broad SMARTS) is 1. The first kappa shape index (κ1) is 13.8. The molecule has 1 rings (SSSR count). The van der Waals surface area contributed by atoms with Gasteiger partial charge in [-0.25, -0.2) is 9.59 Å². The summed E-state index contributed by atoms with van der Waals surface area (Å²) in [6.07, 6.45) is 0. The second-order valence-corrected chi connectivity index (χ2v) is 2.26. The van der Waals surface area contributed by atoms with Crippen molar-refractivity contribution >= 4 is 11.9 Å². The van der Waals surface area contributed by atoms with Crippen LogP contribution in [0.5, 0.6) is 0 Å². The second kappa shape index (κ2) is 6.28. The normalized spacial score (nSPS) is 8.64. The number of hydrogen-bond donors (Lipinski definition) is 2. The van der Waals surface area contributed by atoms with E-state index >= 15 is 0 Å². The number of benzene rings is 1. The van der Waals surface area contributed by atoms with E-state index in [2.05, 4.69) is 10.7 Å². The molecular formula is C8H8KNO4. The van der Waals surface area contributed by atoms with E-state index in [1.54, 1.807) is 0 Å². The van der Waals surface area contributed by atoms with E-state index in [4.69, 9.17) is 5.11 Å². The molecule has 0 fully saturated rings. The monoisotopic (exact) mass is 221 g/mol. The second-order valence-electron chi connectivity index (χ2n) is 2.26. The maximum absolute atomic E-state index is 10.9. The number of carbonyl (C=O) groups is 2. The molecule has 6 heteroatoms. The Hall–Kier alpha value is -0.244. The number of nitrogens with two attached hydrogens (primary N) is 1. The first-order valence-electron chi connectivity index (χ1n) is 3.40. The van der Waals surface area contributed by atoms with Crippen LogP contribution in [0, 0.1) is 0 Å². The number of aromatic carboxylic acids is 1. The molecule has 0 atom stereocenters. The molecule has 70 valence electrons. The first-order valence-corrected chi connectivity index (χ1v) is 3.40. The van der Waals surface area contributed by atoms with E-state index in [9.17, 15) is 9.59 Å². The van der Waals surface area contributed by atoms with Crippen molar-refractivity contribution in [3.05, 3.63) is 35.4 Å². The van der Waals surface area contributed by atoms with Gasteiger partial charge in [0, 0.05) is 0 Å². The van der Waals surface area contributed by atoms with E-state index in [-0.39, 0.29) is 63.9 Å². The smallest absolute Gasteiger partial charge is 1.00 e. The Labute approximate surface area is 124 Å². The standard InChI is InChI=1S/C8H7NO4.K.H/c9-13-8(12)6-4-2-1-3-5(6)7(10)11;;/h1-4H,9H2,(H,10,11);;/q;+1;-1. The summed E-state index contributed by atoms with van der Waals surface area (Å²) < 4.78 is 0. The largest absolute Gasteiger partial charge is 1.00 e. The van der Waals surface area contributed by atoms with Gasteiger partial charge in [-0.3, -0.25) is 0 Å². The Morgan fingerprint density at radius 2 is 1.79 bits per heavy atom. The molecule has 0 amide bonds. The molecule has 0 saturated heterocycles. The van der Waals surface area contributed by atoms with Gasteiger partial charge in [-0.15, -0.1) is 0 Å². The van der Waals surface area contributed by atoms with Crippen LogP contribution in [0.3, 0.4) is 0 Å². The van der Waals surface area contributed by atoms with Crippen molar-refractivity contribution in [3.8, 4) is 0 Å². The zero-order valence-electron chi connectivity index (χ0n) is 8.56. The fourth-order valence-corrected chi connectivity index (χ4v) is 0.911. The van der Waals surface area contributed by atoms with Crippen LogP contribution in [0.1, 0.15) is 22.1 Å². The molecule has 0 radical (unpaired) electrons. The fraction of sp³-hybridized carbons (Fsp3) is 0. The van der Waals surface area contributed by atoms with Crippen LogP contribution in [-0.2, 0) is 4.84 Å². The van der Waals surface area contributed by atoms with E-state index in [1.807, 2.05) is 0 Å². The third-order valence-corrected chi connectivity index (χ3v) is 1.48. The summed E-state index contributed by atoms with van der Waals surface area (Å²) in [6, 6.07) is 5.67. The Morgan fingerprint density at radius 1 is 1.29 bits per heavy atom. The molecule has 1 aromatic carbocycles. The van der Waals surface area contributed by atoms with Crippen molar-refractivity contribution in [1.82, 2.24) is 0 Å². The first-order chi connectivity index (χ1) is 6.16. The zero-order valence-corrected chi connectivity index (χ0v) is 10.7. The van der Waals surface area contributed by atoms with Gasteiger partial charge < -0.3 is 11.4 Å². The Balaban J connectivity index is 0. The summed E-state index contributed by atoms with van der Waals surface area (Å²) in [5.74, 6) is 2.57. The predicted octanol–water partition coefficient (Wildman–Crippen LogP) is -2.47. The predicted molar refractivity (Wildman–Crippen MR) is 44.1 cm³/mol. The van der Waals surface area contributed by atoms with Gasteiger partial charge in [0.25, 0.3) is 0 Å². The fourth-order valence-electron chi connectivity index (χ4n) is 0.911. The van der Waals surface area contributed by atoms with Crippen LogP contribution in [0.4, 0.5) is 0 Å². The molecule has 0 aliphatic rings. The Kier molecular flexibility index (Phi) is 6.17. The van der Waals surface area contributed by atoms with Crippen molar-refractivity contribution in [3.63, 3.8) is 0 Å². The summed E-state index contributed by atoms with van der Waals surface area (Å²) in [7, 11) is 0.